The van der Waals surface area contributed by atoms with E-state index in [-0.39, 0.29) is 0 Å². The summed E-state index contributed by atoms with van der Waals surface area (Å²) in [5.74, 6) is 0. The Bertz CT molecular complexity index is 322. The summed E-state index contributed by atoms with van der Waals surface area (Å²) in [6.07, 6.45) is 5.76. The lowest BCUT2D eigenvalue weighted by molar-refractivity contribution is 0.253. The van der Waals surface area contributed by atoms with Crippen LogP contribution in [0.1, 0.15) is 43.5 Å². The quantitative estimate of drug-likeness (QED) is 0.752. The van der Waals surface area contributed by atoms with Gasteiger partial charge in [0.25, 0.3) is 0 Å². The van der Waals surface area contributed by atoms with Crippen LogP contribution in [0.5, 0.6) is 0 Å². The zero-order valence-electron chi connectivity index (χ0n) is 9.74. The van der Waals surface area contributed by atoms with Crippen molar-refractivity contribution in [1.82, 2.24) is 9.88 Å². The van der Waals surface area contributed by atoms with Gasteiger partial charge in [0.1, 0.15) is 0 Å². The third-order valence-electron chi connectivity index (χ3n) is 3.24. The van der Waals surface area contributed by atoms with E-state index in [0.29, 0.717) is 6.04 Å². The molecule has 82 valence electrons. The second kappa shape index (κ2) is 4.75. The molecule has 0 N–H and O–H groups in total. The van der Waals surface area contributed by atoms with Crippen molar-refractivity contribution >= 4 is 0 Å². The number of aromatic nitrogens is 1. The molecule has 1 atom stereocenters. The lowest BCUT2D eigenvalue weighted by atomic mass is 10.1. The highest BCUT2D eigenvalue weighted by atomic mass is 15.2. The van der Waals surface area contributed by atoms with Crippen LogP contribution in [-0.2, 0) is 0 Å². The molecule has 1 aromatic heterocycles. The van der Waals surface area contributed by atoms with Crippen molar-refractivity contribution in [1.29, 1.82) is 0 Å². The summed E-state index contributed by atoms with van der Waals surface area (Å²) >= 11 is 0. The van der Waals surface area contributed by atoms with Gasteiger partial charge in [0, 0.05) is 6.20 Å². The van der Waals surface area contributed by atoms with Gasteiger partial charge in [0.2, 0.25) is 0 Å². The maximum absolute atomic E-state index is 4.55. The molecule has 0 radical (unpaired) electrons. The van der Waals surface area contributed by atoms with Crippen molar-refractivity contribution in [2.75, 3.05) is 13.1 Å². The molecule has 0 amide bonds. The number of hydrogen-bond donors (Lipinski definition) is 0. The van der Waals surface area contributed by atoms with E-state index in [9.17, 15) is 0 Å². The molecule has 0 aromatic carbocycles. The first-order chi connectivity index (χ1) is 7.33. The predicted octanol–water partition coefficient (Wildman–Crippen LogP) is 2.94. The van der Waals surface area contributed by atoms with E-state index >= 15 is 0 Å². The molecule has 1 fully saturated rings. The van der Waals surface area contributed by atoms with Gasteiger partial charge in [-0.25, -0.2) is 0 Å². The van der Waals surface area contributed by atoms with Crippen molar-refractivity contribution in [3.8, 4) is 0 Å². The first-order valence-corrected chi connectivity index (χ1v) is 5.98. The van der Waals surface area contributed by atoms with Crippen LogP contribution < -0.4 is 0 Å². The summed E-state index contributed by atoms with van der Waals surface area (Å²) in [6.45, 7) is 6.88. The average molecular weight is 204 g/mol. The van der Waals surface area contributed by atoms with Gasteiger partial charge in [-0.3, -0.25) is 9.88 Å². The zero-order chi connectivity index (χ0) is 10.7. The van der Waals surface area contributed by atoms with E-state index < -0.39 is 0 Å². The van der Waals surface area contributed by atoms with Crippen molar-refractivity contribution in [2.45, 2.75) is 39.2 Å². The fraction of sp³-hybridized carbons (Fsp3) is 0.615. The Kier molecular flexibility index (Phi) is 3.37. The number of aryl methyl sites for hydroxylation is 1. The highest BCUT2D eigenvalue weighted by Gasteiger charge is 2.26. The second-order valence-corrected chi connectivity index (χ2v) is 4.40. The Morgan fingerprint density at radius 1 is 1.53 bits per heavy atom. The van der Waals surface area contributed by atoms with E-state index in [0.717, 1.165) is 0 Å². The van der Waals surface area contributed by atoms with Gasteiger partial charge in [-0.2, -0.15) is 0 Å². The summed E-state index contributed by atoms with van der Waals surface area (Å²) in [7, 11) is 0. The number of rotatable bonds is 3. The fourth-order valence-electron chi connectivity index (χ4n) is 2.54. The van der Waals surface area contributed by atoms with Crippen LogP contribution in [0, 0.1) is 6.92 Å². The van der Waals surface area contributed by atoms with Crippen molar-refractivity contribution in [3.63, 3.8) is 0 Å². The van der Waals surface area contributed by atoms with E-state index in [1.807, 2.05) is 12.3 Å². The molecule has 2 heteroatoms. The SMILES string of the molecule is CCCN1CCC[C@H]1c1ncccc1C. The monoisotopic (exact) mass is 204 g/mol. The van der Waals surface area contributed by atoms with Crippen molar-refractivity contribution in [2.24, 2.45) is 0 Å². The summed E-state index contributed by atoms with van der Waals surface area (Å²) < 4.78 is 0. The Balaban J connectivity index is 2.19. The summed E-state index contributed by atoms with van der Waals surface area (Å²) in [5.41, 5.74) is 2.63. The van der Waals surface area contributed by atoms with Crippen LogP contribution in [0.15, 0.2) is 18.3 Å². The lowest BCUT2D eigenvalue weighted by Gasteiger charge is -2.24. The third kappa shape index (κ3) is 2.20. The maximum Gasteiger partial charge on any atom is 0.0604 e. The van der Waals surface area contributed by atoms with Gasteiger partial charge in [-0.15, -0.1) is 0 Å². The molecule has 1 aliphatic heterocycles. The molecule has 2 heterocycles. The number of likely N-dealkylation sites (tertiary alicyclic amines) is 1. The van der Waals surface area contributed by atoms with E-state index in [1.165, 1.54) is 43.6 Å². The van der Waals surface area contributed by atoms with Gasteiger partial charge in [-0.05, 0) is 50.9 Å². The van der Waals surface area contributed by atoms with Gasteiger partial charge >= 0.3 is 0 Å². The molecule has 2 rings (SSSR count). The third-order valence-corrected chi connectivity index (χ3v) is 3.24. The predicted molar refractivity (Wildman–Crippen MR) is 62.8 cm³/mol. The maximum atomic E-state index is 4.55. The molecule has 0 spiro atoms. The van der Waals surface area contributed by atoms with Gasteiger partial charge in [0.05, 0.1) is 11.7 Å². The van der Waals surface area contributed by atoms with Gasteiger partial charge < -0.3 is 0 Å². The minimum absolute atomic E-state index is 0.575. The van der Waals surface area contributed by atoms with Crippen LogP contribution in [0.3, 0.4) is 0 Å². The van der Waals surface area contributed by atoms with Crippen LogP contribution in [0.4, 0.5) is 0 Å². The van der Waals surface area contributed by atoms with E-state index in [1.54, 1.807) is 0 Å². The smallest absolute Gasteiger partial charge is 0.0604 e. The number of pyridine rings is 1. The summed E-state index contributed by atoms with van der Waals surface area (Å²) in [5, 5.41) is 0. The zero-order valence-corrected chi connectivity index (χ0v) is 9.74. The molecule has 0 bridgehead atoms. The molecule has 1 aliphatic rings. The largest absolute Gasteiger partial charge is 0.295 e. The van der Waals surface area contributed by atoms with Crippen LogP contribution in [0.2, 0.25) is 0 Å². The second-order valence-electron chi connectivity index (χ2n) is 4.40. The Labute approximate surface area is 92.3 Å². The van der Waals surface area contributed by atoms with E-state index in [2.05, 4.69) is 29.8 Å². The molecule has 1 aromatic rings. The van der Waals surface area contributed by atoms with Gasteiger partial charge in [0.15, 0.2) is 0 Å². The minimum atomic E-state index is 0.575. The Morgan fingerprint density at radius 2 is 2.40 bits per heavy atom. The van der Waals surface area contributed by atoms with Gasteiger partial charge in [-0.1, -0.05) is 13.0 Å². The van der Waals surface area contributed by atoms with Crippen LogP contribution in [-0.4, -0.2) is 23.0 Å². The first kappa shape index (κ1) is 10.6. The summed E-state index contributed by atoms with van der Waals surface area (Å²) in [4.78, 5) is 7.13. The van der Waals surface area contributed by atoms with Crippen LogP contribution >= 0.6 is 0 Å². The molecule has 0 unspecified atom stereocenters. The minimum Gasteiger partial charge on any atom is -0.295 e. The molecule has 0 aliphatic carbocycles. The van der Waals surface area contributed by atoms with Crippen molar-refractivity contribution in [3.05, 3.63) is 29.6 Å². The lowest BCUT2D eigenvalue weighted by Crippen LogP contribution is -2.25. The number of nitrogens with zero attached hydrogens (tertiary/aromatic N) is 2. The van der Waals surface area contributed by atoms with Crippen molar-refractivity contribution < 1.29 is 0 Å². The molecule has 15 heavy (non-hydrogen) atoms. The topological polar surface area (TPSA) is 16.1 Å². The average Bonchev–Trinajstić information content (AvgIpc) is 2.67. The number of hydrogen-bond acceptors (Lipinski definition) is 2. The Hall–Kier alpha value is -0.890. The fourth-order valence-corrected chi connectivity index (χ4v) is 2.54. The van der Waals surface area contributed by atoms with Crippen LogP contribution in [0.25, 0.3) is 0 Å². The molecule has 2 nitrogen and oxygen atoms in total. The first-order valence-electron chi connectivity index (χ1n) is 5.98. The molecule has 1 saturated heterocycles. The molecular formula is C13H20N2. The molecule has 0 saturated carbocycles. The highest BCUT2D eigenvalue weighted by molar-refractivity contribution is 5.21. The summed E-state index contributed by atoms with van der Waals surface area (Å²) in [6, 6.07) is 4.77. The van der Waals surface area contributed by atoms with E-state index in [4.69, 9.17) is 0 Å². The normalized spacial score (nSPS) is 22.1. The standard InChI is InChI=1S/C13H20N2/c1-3-9-15-10-5-7-12(15)13-11(2)6-4-8-14-13/h4,6,8,12H,3,5,7,9-10H2,1-2H3/t12-/m0/s1. The Morgan fingerprint density at radius 3 is 3.13 bits per heavy atom. The highest BCUT2D eigenvalue weighted by Crippen LogP contribution is 2.31. The molecular weight excluding hydrogens is 184 g/mol.